The van der Waals surface area contributed by atoms with Crippen molar-refractivity contribution in [3.05, 3.63) is 35.4 Å². The highest BCUT2D eigenvalue weighted by atomic mass is 16.5. The summed E-state index contributed by atoms with van der Waals surface area (Å²) >= 11 is 0. The highest BCUT2D eigenvalue weighted by Crippen LogP contribution is 2.17. The van der Waals surface area contributed by atoms with E-state index in [1.165, 1.54) is 0 Å². The summed E-state index contributed by atoms with van der Waals surface area (Å²) in [5.74, 6) is 0.531. The number of carbonyl (C=O) groups is 1. The van der Waals surface area contributed by atoms with Crippen LogP contribution in [0.3, 0.4) is 0 Å². The fourth-order valence-corrected chi connectivity index (χ4v) is 3.59. The molecule has 1 aromatic carbocycles. The van der Waals surface area contributed by atoms with Crippen molar-refractivity contribution in [2.75, 3.05) is 45.9 Å². The van der Waals surface area contributed by atoms with Gasteiger partial charge in [-0.1, -0.05) is 12.1 Å². The number of nitrogens with one attached hydrogen (secondary N) is 1. The molecule has 2 aliphatic heterocycles. The van der Waals surface area contributed by atoms with Gasteiger partial charge in [0.15, 0.2) is 5.96 Å². The summed E-state index contributed by atoms with van der Waals surface area (Å²) in [6.07, 6.45) is 1.15. The average molecular weight is 359 g/mol. The number of morpholine rings is 1. The maximum absolute atomic E-state index is 11.3. The lowest BCUT2D eigenvalue weighted by Crippen LogP contribution is -2.46. The van der Waals surface area contributed by atoms with E-state index >= 15 is 0 Å². The van der Waals surface area contributed by atoms with Gasteiger partial charge in [-0.3, -0.25) is 9.69 Å². The Morgan fingerprint density at radius 2 is 2.15 bits per heavy atom. The van der Waals surface area contributed by atoms with Crippen molar-refractivity contribution < 1.29 is 9.53 Å². The van der Waals surface area contributed by atoms with Gasteiger partial charge in [0, 0.05) is 44.3 Å². The molecule has 0 aliphatic carbocycles. The van der Waals surface area contributed by atoms with Crippen molar-refractivity contribution in [3.8, 4) is 0 Å². The summed E-state index contributed by atoms with van der Waals surface area (Å²) < 4.78 is 5.46. The van der Waals surface area contributed by atoms with Crippen LogP contribution >= 0.6 is 0 Å². The Labute approximate surface area is 155 Å². The Morgan fingerprint density at radius 3 is 2.88 bits per heavy atom. The molecule has 0 saturated carbocycles. The molecule has 0 spiro atoms. The zero-order valence-corrected chi connectivity index (χ0v) is 15.5. The molecule has 26 heavy (non-hydrogen) atoms. The predicted molar refractivity (Wildman–Crippen MR) is 102 cm³/mol. The first-order chi connectivity index (χ1) is 12.7. The second-order valence-electron chi connectivity index (χ2n) is 6.77. The number of guanidine groups is 1. The standard InChI is InChI=1S/C19H29N5O2/c1-2-21-19(22-13-15-4-3-5-16(12-15)18(20)25)24-7-6-17(14-24)23-8-10-26-11-9-23/h3-5,12,17H,2,6-11,13-14H2,1H3,(H2,20,25)(H,21,22). The molecule has 1 atom stereocenters. The molecule has 1 amide bonds. The van der Waals surface area contributed by atoms with Gasteiger partial charge in [0.25, 0.3) is 0 Å². The van der Waals surface area contributed by atoms with Crippen molar-refractivity contribution in [1.82, 2.24) is 15.1 Å². The van der Waals surface area contributed by atoms with Crippen LogP contribution in [0.4, 0.5) is 0 Å². The lowest BCUT2D eigenvalue weighted by Gasteiger charge is -2.32. The van der Waals surface area contributed by atoms with E-state index in [9.17, 15) is 4.79 Å². The van der Waals surface area contributed by atoms with Crippen LogP contribution in [0.15, 0.2) is 29.3 Å². The van der Waals surface area contributed by atoms with Crippen molar-refractivity contribution in [2.24, 2.45) is 10.7 Å². The number of nitrogens with two attached hydrogens (primary N) is 1. The molecule has 3 N–H and O–H groups in total. The molecule has 1 unspecified atom stereocenters. The topological polar surface area (TPSA) is 83.2 Å². The number of carbonyl (C=O) groups excluding carboxylic acids is 1. The van der Waals surface area contributed by atoms with Gasteiger partial charge in [-0.25, -0.2) is 4.99 Å². The zero-order valence-electron chi connectivity index (χ0n) is 15.5. The fourth-order valence-electron chi connectivity index (χ4n) is 3.59. The molecule has 7 heteroatoms. The third-order valence-electron chi connectivity index (χ3n) is 4.98. The van der Waals surface area contributed by atoms with Crippen LogP contribution in [0, 0.1) is 0 Å². The van der Waals surface area contributed by atoms with Crippen LogP contribution in [-0.4, -0.2) is 73.6 Å². The Balaban J connectivity index is 1.64. The SMILES string of the molecule is CCNC(=NCc1cccc(C(N)=O)c1)N1CCC(N2CCOCC2)C1. The predicted octanol–water partition coefficient (Wildman–Crippen LogP) is 0.658. The van der Waals surface area contributed by atoms with Crippen molar-refractivity contribution in [2.45, 2.75) is 25.9 Å². The Morgan fingerprint density at radius 1 is 1.35 bits per heavy atom. The first kappa shape index (κ1) is 18.7. The largest absolute Gasteiger partial charge is 0.379 e. The number of hydrogen-bond donors (Lipinski definition) is 2. The highest BCUT2D eigenvalue weighted by molar-refractivity contribution is 5.92. The van der Waals surface area contributed by atoms with Crippen LogP contribution in [0.5, 0.6) is 0 Å². The molecule has 2 aliphatic rings. The van der Waals surface area contributed by atoms with Crippen LogP contribution in [0.2, 0.25) is 0 Å². The highest BCUT2D eigenvalue weighted by Gasteiger charge is 2.30. The van der Waals surface area contributed by atoms with Crippen LogP contribution in [-0.2, 0) is 11.3 Å². The van der Waals surface area contributed by atoms with Crippen molar-refractivity contribution >= 4 is 11.9 Å². The number of benzene rings is 1. The quantitative estimate of drug-likeness (QED) is 0.596. The van der Waals surface area contributed by atoms with Gasteiger partial charge < -0.3 is 20.7 Å². The molecular formula is C19H29N5O2. The number of ether oxygens (including phenoxy) is 1. The molecule has 0 bridgehead atoms. The minimum Gasteiger partial charge on any atom is -0.379 e. The van der Waals surface area contributed by atoms with E-state index in [1.807, 2.05) is 18.2 Å². The van der Waals surface area contributed by atoms with Gasteiger partial charge >= 0.3 is 0 Å². The first-order valence-electron chi connectivity index (χ1n) is 9.41. The number of amides is 1. The van der Waals surface area contributed by atoms with Crippen molar-refractivity contribution in [3.63, 3.8) is 0 Å². The second-order valence-corrected chi connectivity index (χ2v) is 6.77. The summed E-state index contributed by atoms with van der Waals surface area (Å²) in [5.41, 5.74) is 6.87. The number of likely N-dealkylation sites (tertiary alicyclic amines) is 1. The molecule has 2 heterocycles. The second kappa shape index (κ2) is 9.00. The minimum absolute atomic E-state index is 0.407. The molecule has 1 aromatic rings. The van der Waals surface area contributed by atoms with Crippen LogP contribution in [0.1, 0.15) is 29.3 Å². The number of nitrogens with zero attached hydrogens (tertiary/aromatic N) is 3. The molecular weight excluding hydrogens is 330 g/mol. The third-order valence-corrected chi connectivity index (χ3v) is 4.98. The molecule has 7 nitrogen and oxygen atoms in total. The van der Waals surface area contributed by atoms with E-state index in [0.717, 1.165) is 63.9 Å². The van der Waals surface area contributed by atoms with E-state index in [-0.39, 0.29) is 0 Å². The summed E-state index contributed by atoms with van der Waals surface area (Å²) in [5, 5.41) is 3.40. The molecule has 0 radical (unpaired) electrons. The number of rotatable bonds is 5. The van der Waals surface area contributed by atoms with Gasteiger partial charge in [-0.2, -0.15) is 0 Å². The summed E-state index contributed by atoms with van der Waals surface area (Å²) in [6, 6.07) is 7.94. The Hall–Kier alpha value is -2.12. The maximum Gasteiger partial charge on any atom is 0.248 e. The smallest absolute Gasteiger partial charge is 0.248 e. The number of aliphatic imine (C=N–C) groups is 1. The van der Waals surface area contributed by atoms with Gasteiger partial charge in [0.2, 0.25) is 5.91 Å². The van der Waals surface area contributed by atoms with E-state index in [0.29, 0.717) is 18.2 Å². The third kappa shape index (κ3) is 4.74. The number of primary amides is 1. The van der Waals surface area contributed by atoms with Gasteiger partial charge in [-0.15, -0.1) is 0 Å². The number of hydrogen-bond acceptors (Lipinski definition) is 4. The molecule has 2 fully saturated rings. The molecule has 3 rings (SSSR count). The van der Waals surface area contributed by atoms with E-state index in [2.05, 4.69) is 22.0 Å². The van der Waals surface area contributed by atoms with Gasteiger partial charge in [0.1, 0.15) is 0 Å². The summed E-state index contributed by atoms with van der Waals surface area (Å²) in [4.78, 5) is 21.0. The monoisotopic (exact) mass is 359 g/mol. The van der Waals surface area contributed by atoms with Gasteiger partial charge in [0.05, 0.1) is 19.8 Å². The van der Waals surface area contributed by atoms with Crippen LogP contribution < -0.4 is 11.1 Å². The first-order valence-corrected chi connectivity index (χ1v) is 9.41. The van der Waals surface area contributed by atoms with Crippen LogP contribution in [0.25, 0.3) is 0 Å². The lowest BCUT2D eigenvalue weighted by molar-refractivity contribution is 0.0195. The average Bonchev–Trinajstić information content (AvgIpc) is 3.16. The van der Waals surface area contributed by atoms with E-state index in [1.54, 1.807) is 6.07 Å². The summed E-state index contributed by atoms with van der Waals surface area (Å²) in [7, 11) is 0. The Kier molecular flexibility index (Phi) is 6.46. The normalized spacial score (nSPS) is 21.8. The fraction of sp³-hybridized carbons (Fsp3) is 0.579. The molecule has 142 valence electrons. The van der Waals surface area contributed by atoms with Gasteiger partial charge in [-0.05, 0) is 31.0 Å². The molecule has 2 saturated heterocycles. The lowest BCUT2D eigenvalue weighted by atomic mass is 10.1. The van der Waals surface area contributed by atoms with E-state index in [4.69, 9.17) is 15.5 Å². The molecule has 0 aromatic heterocycles. The van der Waals surface area contributed by atoms with Crippen molar-refractivity contribution in [1.29, 1.82) is 0 Å². The maximum atomic E-state index is 11.3. The zero-order chi connectivity index (χ0) is 18.4. The summed E-state index contributed by atoms with van der Waals surface area (Å²) in [6.45, 7) is 9.15. The van der Waals surface area contributed by atoms with E-state index < -0.39 is 5.91 Å². The Bertz CT molecular complexity index is 643. The minimum atomic E-state index is -0.407.